The lowest BCUT2D eigenvalue weighted by molar-refractivity contribution is -0.118. The van der Waals surface area contributed by atoms with Crippen LogP contribution >= 0.6 is 0 Å². The molecule has 0 heterocycles. The summed E-state index contributed by atoms with van der Waals surface area (Å²) >= 11 is 0. The van der Waals surface area contributed by atoms with Gasteiger partial charge in [-0.2, -0.15) is 0 Å². The first-order valence-corrected chi connectivity index (χ1v) is 9.54. The van der Waals surface area contributed by atoms with E-state index in [1.807, 2.05) is 6.07 Å². The number of benzene rings is 3. The van der Waals surface area contributed by atoms with Crippen molar-refractivity contribution in [3.8, 4) is 11.5 Å². The Balaban J connectivity index is 1.55. The van der Waals surface area contributed by atoms with E-state index in [4.69, 9.17) is 9.47 Å². The minimum Gasteiger partial charge on any atom is -0.495 e. The van der Waals surface area contributed by atoms with Gasteiger partial charge in [0.05, 0.1) is 12.8 Å². The van der Waals surface area contributed by atoms with Crippen molar-refractivity contribution in [2.45, 2.75) is 6.92 Å². The summed E-state index contributed by atoms with van der Waals surface area (Å²) < 4.78 is 10.7. The molecular weight excluding hydrogens is 396 g/mol. The van der Waals surface area contributed by atoms with Crippen LogP contribution in [0.15, 0.2) is 72.8 Å². The Labute approximate surface area is 180 Å². The summed E-state index contributed by atoms with van der Waals surface area (Å²) in [4.78, 5) is 36.0. The standard InChI is InChI=1S/C24H22N2O5/c1-16(27)18-6-5-7-20(14-18)31-15-23(28)25-19-12-10-17(11-13-19)24(29)26-21-8-3-4-9-22(21)30-2/h3-14H,15H2,1-2H3,(H,25,28)(H,26,29). The van der Waals surface area contributed by atoms with Crippen LogP contribution in [0.1, 0.15) is 27.6 Å². The van der Waals surface area contributed by atoms with Crippen LogP contribution in [0, 0.1) is 0 Å². The fraction of sp³-hybridized carbons (Fsp3) is 0.125. The second-order valence-corrected chi connectivity index (χ2v) is 6.65. The van der Waals surface area contributed by atoms with Crippen LogP contribution in [-0.2, 0) is 4.79 Å². The van der Waals surface area contributed by atoms with Gasteiger partial charge in [0.15, 0.2) is 12.4 Å². The summed E-state index contributed by atoms with van der Waals surface area (Å²) in [5, 5.41) is 5.49. The number of carbonyl (C=O) groups is 3. The Morgan fingerprint density at radius 1 is 0.839 bits per heavy atom. The van der Waals surface area contributed by atoms with Crippen molar-refractivity contribution in [3.05, 3.63) is 83.9 Å². The molecule has 3 aromatic carbocycles. The summed E-state index contributed by atoms with van der Waals surface area (Å²) in [5.74, 6) is 0.264. The molecule has 0 fully saturated rings. The Kier molecular flexibility index (Phi) is 7.01. The molecule has 0 bridgehead atoms. The second kappa shape index (κ2) is 10.1. The van der Waals surface area contributed by atoms with Crippen molar-refractivity contribution in [1.82, 2.24) is 0 Å². The molecule has 0 unspecified atom stereocenters. The number of anilines is 2. The molecule has 0 aliphatic carbocycles. The van der Waals surface area contributed by atoms with Gasteiger partial charge in [-0.15, -0.1) is 0 Å². The summed E-state index contributed by atoms with van der Waals surface area (Å²) in [7, 11) is 1.53. The highest BCUT2D eigenvalue weighted by Crippen LogP contribution is 2.24. The van der Waals surface area contributed by atoms with Gasteiger partial charge < -0.3 is 20.1 Å². The van der Waals surface area contributed by atoms with Crippen LogP contribution in [-0.4, -0.2) is 31.3 Å². The molecule has 3 rings (SSSR count). The number of hydrogen-bond acceptors (Lipinski definition) is 5. The van der Waals surface area contributed by atoms with Crippen LogP contribution in [0.4, 0.5) is 11.4 Å². The molecule has 2 N–H and O–H groups in total. The Morgan fingerprint density at radius 2 is 1.58 bits per heavy atom. The molecular formula is C24H22N2O5. The van der Waals surface area contributed by atoms with Crippen LogP contribution < -0.4 is 20.1 Å². The van der Waals surface area contributed by atoms with E-state index in [2.05, 4.69) is 10.6 Å². The van der Waals surface area contributed by atoms with E-state index in [1.54, 1.807) is 66.7 Å². The first-order chi connectivity index (χ1) is 15.0. The predicted octanol–water partition coefficient (Wildman–Crippen LogP) is 4.17. The Morgan fingerprint density at radius 3 is 2.29 bits per heavy atom. The third-order valence-corrected chi connectivity index (χ3v) is 4.40. The number of amides is 2. The van der Waals surface area contributed by atoms with Crippen molar-refractivity contribution in [2.75, 3.05) is 24.4 Å². The molecule has 7 nitrogen and oxygen atoms in total. The number of carbonyl (C=O) groups excluding carboxylic acids is 3. The van der Waals surface area contributed by atoms with Gasteiger partial charge in [-0.1, -0.05) is 24.3 Å². The fourth-order valence-electron chi connectivity index (χ4n) is 2.80. The predicted molar refractivity (Wildman–Crippen MR) is 118 cm³/mol. The van der Waals surface area contributed by atoms with Crippen LogP contribution in [0.5, 0.6) is 11.5 Å². The number of rotatable bonds is 8. The summed E-state index contributed by atoms with van der Waals surface area (Å²) in [5.41, 5.74) is 2.04. The average molecular weight is 418 g/mol. The van der Waals surface area contributed by atoms with Crippen LogP contribution in [0.2, 0.25) is 0 Å². The smallest absolute Gasteiger partial charge is 0.262 e. The zero-order valence-electron chi connectivity index (χ0n) is 17.2. The van der Waals surface area contributed by atoms with Gasteiger partial charge in [0, 0.05) is 16.8 Å². The molecule has 0 aromatic heterocycles. The van der Waals surface area contributed by atoms with E-state index in [0.717, 1.165) is 0 Å². The molecule has 0 radical (unpaired) electrons. The van der Waals surface area contributed by atoms with E-state index < -0.39 is 0 Å². The summed E-state index contributed by atoms with van der Waals surface area (Å²) in [6, 6.07) is 20.2. The van der Waals surface area contributed by atoms with Gasteiger partial charge in [-0.25, -0.2) is 0 Å². The van der Waals surface area contributed by atoms with Gasteiger partial charge >= 0.3 is 0 Å². The third kappa shape index (κ3) is 5.93. The number of methoxy groups -OCH3 is 1. The second-order valence-electron chi connectivity index (χ2n) is 6.65. The highest BCUT2D eigenvalue weighted by atomic mass is 16.5. The van der Waals surface area contributed by atoms with Crippen molar-refractivity contribution in [3.63, 3.8) is 0 Å². The molecule has 0 aliphatic heterocycles. The maximum atomic E-state index is 12.5. The number of ether oxygens (including phenoxy) is 2. The minimum absolute atomic E-state index is 0.0789. The SMILES string of the molecule is COc1ccccc1NC(=O)c1ccc(NC(=O)COc2cccc(C(C)=O)c2)cc1. The first kappa shape index (κ1) is 21.6. The van der Waals surface area contributed by atoms with Crippen LogP contribution in [0.25, 0.3) is 0 Å². The van der Waals surface area contributed by atoms with E-state index >= 15 is 0 Å². The molecule has 7 heteroatoms. The van der Waals surface area contributed by atoms with E-state index in [9.17, 15) is 14.4 Å². The van der Waals surface area contributed by atoms with Gasteiger partial charge in [-0.3, -0.25) is 14.4 Å². The Bertz CT molecular complexity index is 1090. The van der Waals surface area contributed by atoms with E-state index in [1.165, 1.54) is 14.0 Å². The molecule has 158 valence electrons. The molecule has 31 heavy (non-hydrogen) atoms. The maximum absolute atomic E-state index is 12.5. The van der Waals surface area contributed by atoms with Gasteiger partial charge in [0.1, 0.15) is 11.5 Å². The lowest BCUT2D eigenvalue weighted by atomic mass is 10.1. The topological polar surface area (TPSA) is 93.7 Å². The lowest BCUT2D eigenvalue weighted by Gasteiger charge is -2.11. The van der Waals surface area contributed by atoms with E-state index in [-0.39, 0.29) is 24.2 Å². The fourth-order valence-corrected chi connectivity index (χ4v) is 2.80. The van der Waals surface area contributed by atoms with Gasteiger partial charge in [0.2, 0.25) is 0 Å². The molecule has 0 atom stereocenters. The molecule has 2 amide bonds. The normalized spacial score (nSPS) is 10.1. The van der Waals surface area contributed by atoms with Crippen molar-refractivity contribution in [2.24, 2.45) is 0 Å². The number of ketones is 1. The summed E-state index contributed by atoms with van der Waals surface area (Å²) in [6.45, 7) is 1.25. The third-order valence-electron chi connectivity index (χ3n) is 4.40. The Hall–Kier alpha value is -4.13. The van der Waals surface area contributed by atoms with Crippen LogP contribution in [0.3, 0.4) is 0 Å². The highest BCUT2D eigenvalue weighted by molar-refractivity contribution is 6.05. The molecule has 0 spiro atoms. The number of hydrogen-bond donors (Lipinski definition) is 2. The first-order valence-electron chi connectivity index (χ1n) is 9.54. The maximum Gasteiger partial charge on any atom is 0.262 e. The molecule has 0 aliphatic rings. The quantitative estimate of drug-likeness (QED) is 0.536. The van der Waals surface area contributed by atoms with Crippen molar-refractivity contribution < 1.29 is 23.9 Å². The van der Waals surface area contributed by atoms with Crippen molar-refractivity contribution in [1.29, 1.82) is 0 Å². The summed E-state index contributed by atoms with van der Waals surface area (Å²) in [6.07, 6.45) is 0. The molecule has 3 aromatic rings. The van der Waals surface area contributed by atoms with E-state index in [0.29, 0.717) is 34.0 Å². The van der Waals surface area contributed by atoms with Gasteiger partial charge in [-0.05, 0) is 55.5 Å². The lowest BCUT2D eigenvalue weighted by Crippen LogP contribution is -2.20. The number of nitrogens with one attached hydrogen (secondary N) is 2. The zero-order valence-corrected chi connectivity index (χ0v) is 17.2. The molecule has 0 saturated carbocycles. The number of Topliss-reactive ketones (excluding diaryl/α,β-unsaturated/α-hetero) is 1. The molecule has 0 saturated heterocycles. The number of para-hydroxylation sites is 2. The largest absolute Gasteiger partial charge is 0.495 e. The van der Waals surface area contributed by atoms with Gasteiger partial charge in [0.25, 0.3) is 11.8 Å². The monoisotopic (exact) mass is 418 g/mol. The zero-order chi connectivity index (χ0) is 22.2. The van der Waals surface area contributed by atoms with Crippen molar-refractivity contribution >= 4 is 29.0 Å². The minimum atomic E-state index is -0.362. The highest BCUT2D eigenvalue weighted by Gasteiger charge is 2.10. The average Bonchev–Trinajstić information content (AvgIpc) is 2.78.